The van der Waals surface area contributed by atoms with E-state index in [4.69, 9.17) is 9.47 Å². The Kier molecular flexibility index (Phi) is 8.42. The number of amides is 3. The lowest BCUT2D eigenvalue weighted by molar-refractivity contribution is -0.151. The number of ether oxygens (including phenoxy) is 2. The van der Waals surface area contributed by atoms with Gasteiger partial charge in [0.05, 0.1) is 43.1 Å². The first-order valence-electron chi connectivity index (χ1n) is 17.9. The van der Waals surface area contributed by atoms with Crippen molar-refractivity contribution in [2.45, 2.75) is 70.1 Å². The van der Waals surface area contributed by atoms with Crippen molar-refractivity contribution in [1.82, 2.24) is 4.90 Å². The topological polar surface area (TPSA) is 99.6 Å². The molecule has 4 aromatic carbocycles. The molecule has 268 valence electrons. The van der Waals surface area contributed by atoms with Crippen LogP contribution in [0.1, 0.15) is 49.4 Å². The number of nitrogens with zero attached hydrogens (tertiary/aromatic N) is 3. The maximum Gasteiger partial charge on any atom is 0.269 e. The third-order valence-corrected chi connectivity index (χ3v) is 11.4. The van der Waals surface area contributed by atoms with E-state index in [9.17, 15) is 14.7 Å². The number of hydrogen-bond acceptors (Lipinski definition) is 6. The Morgan fingerprint density at radius 3 is 2.40 bits per heavy atom. The molecule has 0 saturated carbocycles. The van der Waals surface area contributed by atoms with Gasteiger partial charge < -0.3 is 24.4 Å². The molecule has 1 fully saturated rings. The van der Waals surface area contributed by atoms with Crippen molar-refractivity contribution in [3.05, 3.63) is 119 Å². The van der Waals surface area contributed by atoms with Crippen LogP contribution in [-0.4, -0.2) is 58.8 Å². The summed E-state index contributed by atoms with van der Waals surface area (Å²) < 4.78 is 29.2. The molecule has 8 rings (SSSR count). The second-order valence-corrected chi connectivity index (χ2v) is 14.9. The highest BCUT2D eigenvalue weighted by molar-refractivity contribution is 6.09. The van der Waals surface area contributed by atoms with Gasteiger partial charge in [0.1, 0.15) is 11.4 Å². The Hall–Kier alpha value is -5.06. The fraction of sp³-hybridized carbons (Fsp3) is 0.357. The largest absolute Gasteiger partial charge is 0.482 e. The molecular formula is C42H42FN3O6. The number of para-hydroxylation sites is 2. The number of carbonyl (C=O) groups is 3. The summed E-state index contributed by atoms with van der Waals surface area (Å²) in [7, 11) is 0. The van der Waals surface area contributed by atoms with Crippen molar-refractivity contribution in [2.24, 2.45) is 11.8 Å². The van der Waals surface area contributed by atoms with E-state index in [0.717, 1.165) is 16.7 Å². The van der Waals surface area contributed by atoms with Crippen LogP contribution in [0.2, 0.25) is 0 Å². The summed E-state index contributed by atoms with van der Waals surface area (Å²) in [6.45, 7) is 5.00. The summed E-state index contributed by atoms with van der Waals surface area (Å²) in [6, 6.07) is 29.8. The quantitative estimate of drug-likeness (QED) is 0.246. The number of aliphatic hydroxyl groups excluding tert-OH is 1. The zero-order valence-electron chi connectivity index (χ0n) is 29.5. The van der Waals surface area contributed by atoms with Crippen molar-refractivity contribution >= 4 is 34.8 Å². The molecule has 1 saturated heterocycles. The van der Waals surface area contributed by atoms with Crippen LogP contribution < -0.4 is 14.5 Å². The highest BCUT2D eigenvalue weighted by Crippen LogP contribution is 2.59. The summed E-state index contributed by atoms with van der Waals surface area (Å²) in [5, 5.41) is 10.3. The first-order chi connectivity index (χ1) is 25.0. The van der Waals surface area contributed by atoms with Crippen LogP contribution in [0.4, 0.5) is 21.5 Å². The number of alkyl halides is 1. The van der Waals surface area contributed by atoms with E-state index in [1.807, 2.05) is 91.9 Å². The fourth-order valence-electron chi connectivity index (χ4n) is 9.01. The third kappa shape index (κ3) is 5.47. The zero-order valence-corrected chi connectivity index (χ0v) is 29.5. The second-order valence-electron chi connectivity index (χ2n) is 14.9. The maximum atomic E-state index is 16.6. The van der Waals surface area contributed by atoms with Crippen molar-refractivity contribution in [3.63, 3.8) is 0 Å². The van der Waals surface area contributed by atoms with E-state index in [2.05, 4.69) is 0 Å². The molecule has 4 heterocycles. The zero-order chi connectivity index (χ0) is 36.4. The van der Waals surface area contributed by atoms with Gasteiger partial charge in [0.25, 0.3) is 11.8 Å². The highest BCUT2D eigenvalue weighted by atomic mass is 19.1. The average Bonchev–Trinajstić information content (AvgIpc) is 3.56. The van der Waals surface area contributed by atoms with E-state index < -0.39 is 35.3 Å². The van der Waals surface area contributed by atoms with Gasteiger partial charge >= 0.3 is 0 Å². The normalized spacial score (nSPS) is 25.2. The van der Waals surface area contributed by atoms with Crippen molar-refractivity contribution < 1.29 is 33.4 Å². The minimum Gasteiger partial charge on any atom is -0.482 e. The number of hydrogen-bond donors (Lipinski definition) is 1. The molecule has 0 bridgehead atoms. The molecular weight excluding hydrogens is 661 g/mol. The van der Waals surface area contributed by atoms with Crippen LogP contribution in [0.25, 0.3) is 0 Å². The van der Waals surface area contributed by atoms with Crippen molar-refractivity contribution in [3.8, 4) is 5.75 Å². The predicted octanol–water partition coefficient (Wildman–Crippen LogP) is 6.22. The van der Waals surface area contributed by atoms with Crippen molar-refractivity contribution in [2.75, 3.05) is 23.0 Å². The molecule has 4 aliphatic heterocycles. The summed E-state index contributed by atoms with van der Waals surface area (Å²) >= 11 is 0. The van der Waals surface area contributed by atoms with Crippen LogP contribution in [0.3, 0.4) is 0 Å². The van der Waals surface area contributed by atoms with E-state index in [1.54, 1.807) is 26.8 Å². The van der Waals surface area contributed by atoms with Gasteiger partial charge in [-0.05, 0) is 67.3 Å². The number of halogens is 1. The smallest absolute Gasteiger partial charge is 0.269 e. The van der Waals surface area contributed by atoms with Gasteiger partial charge in [0, 0.05) is 29.6 Å². The van der Waals surface area contributed by atoms with Crippen LogP contribution in [0, 0.1) is 11.8 Å². The Morgan fingerprint density at radius 2 is 1.65 bits per heavy atom. The lowest BCUT2D eigenvalue weighted by atomic mass is 9.71. The number of carbonyl (C=O) groups excluding carboxylic acids is 3. The molecule has 52 heavy (non-hydrogen) atoms. The molecule has 9 nitrogen and oxygen atoms in total. The van der Waals surface area contributed by atoms with Crippen LogP contribution in [-0.2, 0) is 44.2 Å². The number of aliphatic hydroxyl groups is 1. The Morgan fingerprint density at radius 1 is 0.942 bits per heavy atom. The van der Waals surface area contributed by atoms with E-state index in [0.29, 0.717) is 41.3 Å². The lowest BCUT2D eigenvalue weighted by Crippen LogP contribution is -2.48. The molecule has 10 heteroatoms. The van der Waals surface area contributed by atoms with Gasteiger partial charge in [-0.25, -0.2) is 4.39 Å². The number of rotatable bonds is 7. The standard InChI is InChI=1S/C42H42FN3O6/c1-26-39(41(2,3)43)36(21-37(48)44-23-29-14-8-7-13-28(29)19-31(44)24-47)52-42(26)32-20-30(46-34-15-9-10-16-35(34)51-25-38(46)49)17-18-33(32)45(40(42)50)22-27-11-5-4-6-12-27/h4-18,20,26,31,36,39,47H,19,21-25H2,1-3H3/t26-,31-,36+,39-,42+/m0/s1. The predicted molar refractivity (Wildman–Crippen MR) is 194 cm³/mol. The van der Waals surface area contributed by atoms with Gasteiger partial charge in [-0.3, -0.25) is 19.3 Å². The Labute approximate surface area is 302 Å². The molecule has 0 aliphatic carbocycles. The molecule has 3 amide bonds. The lowest BCUT2D eigenvalue weighted by Gasteiger charge is -2.37. The highest BCUT2D eigenvalue weighted by Gasteiger charge is 2.66. The summed E-state index contributed by atoms with van der Waals surface area (Å²) in [6.07, 6.45) is -0.615. The minimum atomic E-state index is -1.83. The average molecular weight is 704 g/mol. The van der Waals surface area contributed by atoms with Crippen LogP contribution in [0.15, 0.2) is 97.1 Å². The molecule has 5 atom stereocenters. The summed E-state index contributed by atoms with van der Waals surface area (Å²) in [5.74, 6) is -1.86. The minimum absolute atomic E-state index is 0.149. The monoisotopic (exact) mass is 703 g/mol. The number of benzene rings is 4. The molecule has 1 spiro atoms. The first kappa shape index (κ1) is 34.0. The first-order valence-corrected chi connectivity index (χ1v) is 17.9. The number of fused-ring (bicyclic) bond motifs is 4. The SMILES string of the molecule is C[C@H]1[C@H](C(C)(C)F)[C@@H](CC(=O)N2Cc3ccccc3C[C@H]2CO)O[C@]12C(=O)N(Cc1ccccc1)c1ccc(N3C(=O)COc4ccccc43)cc12. The molecule has 0 aromatic heterocycles. The molecule has 0 unspecified atom stereocenters. The van der Waals surface area contributed by atoms with Crippen LogP contribution in [0.5, 0.6) is 5.75 Å². The molecule has 0 radical (unpaired) electrons. The number of anilines is 3. The van der Waals surface area contributed by atoms with Gasteiger partial charge in [-0.15, -0.1) is 0 Å². The molecule has 4 aromatic rings. The fourth-order valence-corrected chi connectivity index (χ4v) is 9.01. The van der Waals surface area contributed by atoms with Gasteiger partial charge in [-0.2, -0.15) is 0 Å². The Bertz CT molecular complexity index is 2050. The van der Waals surface area contributed by atoms with Gasteiger partial charge in [0.15, 0.2) is 12.2 Å². The third-order valence-electron chi connectivity index (χ3n) is 11.4. The van der Waals surface area contributed by atoms with Gasteiger partial charge in [0.2, 0.25) is 5.91 Å². The molecule has 1 N–H and O–H groups in total. The van der Waals surface area contributed by atoms with E-state index in [-0.39, 0.29) is 43.9 Å². The second kappa shape index (κ2) is 12.9. The summed E-state index contributed by atoms with van der Waals surface area (Å²) in [4.78, 5) is 47.6. The molecule has 4 aliphatic rings. The maximum absolute atomic E-state index is 16.6. The summed E-state index contributed by atoms with van der Waals surface area (Å²) in [5.41, 5.74) is 1.75. The van der Waals surface area contributed by atoms with E-state index >= 15 is 9.18 Å². The Balaban J connectivity index is 1.21. The van der Waals surface area contributed by atoms with Crippen molar-refractivity contribution in [1.29, 1.82) is 0 Å². The van der Waals surface area contributed by atoms with Gasteiger partial charge in [-0.1, -0.05) is 73.7 Å². The van der Waals surface area contributed by atoms with Crippen LogP contribution >= 0.6 is 0 Å². The van der Waals surface area contributed by atoms with E-state index in [1.165, 1.54) is 13.8 Å².